The number of alkyl halides is 1. The summed E-state index contributed by atoms with van der Waals surface area (Å²) in [6.45, 7) is 0.408. The number of nitro benzene ring substituents is 1. The van der Waals surface area contributed by atoms with Crippen molar-refractivity contribution in [1.82, 2.24) is 9.97 Å². The van der Waals surface area contributed by atoms with Crippen LogP contribution in [0.5, 0.6) is 11.8 Å². The molecule has 0 aliphatic carbocycles. The fraction of sp³-hybridized carbons (Fsp3) is 0.222. The van der Waals surface area contributed by atoms with Crippen LogP contribution in [0.2, 0.25) is 0 Å². The molecular weight excluding hydrogens is 358 g/mol. The van der Waals surface area contributed by atoms with E-state index in [1.54, 1.807) is 25.3 Å². The predicted molar refractivity (Wildman–Crippen MR) is 99.0 cm³/mol. The van der Waals surface area contributed by atoms with Crippen molar-refractivity contribution in [3.05, 3.63) is 52.6 Å². The van der Waals surface area contributed by atoms with Crippen LogP contribution in [0, 0.1) is 10.1 Å². The molecule has 0 saturated heterocycles. The van der Waals surface area contributed by atoms with E-state index in [9.17, 15) is 10.1 Å². The van der Waals surface area contributed by atoms with Crippen molar-refractivity contribution in [2.45, 2.75) is 6.42 Å². The van der Waals surface area contributed by atoms with E-state index in [1.807, 2.05) is 12.1 Å². The molecule has 0 unspecified atom stereocenters. The highest BCUT2D eigenvalue weighted by Gasteiger charge is 2.13. The normalized spacial score (nSPS) is 10.7. The molecule has 3 rings (SSSR count). The number of nitro groups is 1. The van der Waals surface area contributed by atoms with Gasteiger partial charge in [0, 0.05) is 29.0 Å². The Hall–Kier alpha value is -2.93. The largest absolute Gasteiger partial charge is 0.497 e. The maximum Gasteiger partial charge on any atom is 0.317 e. The summed E-state index contributed by atoms with van der Waals surface area (Å²) in [5.74, 6) is 1.15. The molecule has 1 aromatic heterocycles. The van der Waals surface area contributed by atoms with E-state index in [2.05, 4.69) is 9.97 Å². The maximum absolute atomic E-state index is 10.9. The number of hydrogen-bond donors (Lipinski definition) is 0. The molecule has 0 atom stereocenters. The van der Waals surface area contributed by atoms with Gasteiger partial charge in [-0.15, -0.1) is 11.6 Å². The fourth-order valence-electron chi connectivity index (χ4n) is 2.46. The highest BCUT2D eigenvalue weighted by molar-refractivity contribution is 6.17. The number of nitrogens with zero attached hydrogens (tertiary/aromatic N) is 3. The third-order valence-corrected chi connectivity index (χ3v) is 4.01. The van der Waals surface area contributed by atoms with Gasteiger partial charge in [0.15, 0.2) is 0 Å². The molecule has 0 aliphatic rings. The average Bonchev–Trinajstić information content (AvgIpc) is 2.67. The lowest BCUT2D eigenvalue weighted by atomic mass is 10.1. The van der Waals surface area contributed by atoms with Gasteiger partial charge in [0.05, 0.1) is 29.9 Å². The van der Waals surface area contributed by atoms with Crippen LogP contribution in [0.25, 0.3) is 22.2 Å². The molecule has 8 heteroatoms. The minimum absolute atomic E-state index is 0.0169. The van der Waals surface area contributed by atoms with Crippen molar-refractivity contribution in [1.29, 1.82) is 0 Å². The summed E-state index contributed by atoms with van der Waals surface area (Å²) in [6.07, 6.45) is 0.679. The predicted octanol–water partition coefficient (Wildman–Crippen LogP) is 4.22. The average molecular weight is 374 g/mol. The van der Waals surface area contributed by atoms with Gasteiger partial charge >= 0.3 is 6.01 Å². The number of benzene rings is 2. The number of halogens is 1. The Bertz CT molecular complexity index is 932. The Kier molecular flexibility index (Phi) is 5.48. The third kappa shape index (κ3) is 3.83. The molecule has 0 amide bonds. The number of aromatic nitrogens is 2. The van der Waals surface area contributed by atoms with Crippen molar-refractivity contribution < 1.29 is 14.4 Å². The van der Waals surface area contributed by atoms with Crippen molar-refractivity contribution in [3.63, 3.8) is 0 Å². The minimum Gasteiger partial charge on any atom is -0.497 e. The Balaban J connectivity index is 2.10. The topological polar surface area (TPSA) is 87.4 Å². The fourth-order valence-corrected chi connectivity index (χ4v) is 2.57. The van der Waals surface area contributed by atoms with Gasteiger partial charge in [0.1, 0.15) is 5.75 Å². The molecule has 3 aromatic rings. The van der Waals surface area contributed by atoms with Crippen molar-refractivity contribution >= 4 is 28.2 Å². The van der Waals surface area contributed by atoms with Crippen LogP contribution in [0.15, 0.2) is 42.5 Å². The summed E-state index contributed by atoms with van der Waals surface area (Å²) in [6, 6.07) is 11.9. The second-order valence-electron chi connectivity index (χ2n) is 5.43. The first-order valence-corrected chi connectivity index (χ1v) is 8.45. The molecule has 0 bridgehead atoms. The molecule has 0 fully saturated rings. The number of ether oxygens (including phenoxy) is 2. The van der Waals surface area contributed by atoms with E-state index in [4.69, 9.17) is 21.1 Å². The Morgan fingerprint density at radius 1 is 1.15 bits per heavy atom. The number of rotatable bonds is 7. The van der Waals surface area contributed by atoms with Crippen molar-refractivity contribution in [2.24, 2.45) is 0 Å². The molecule has 0 spiro atoms. The summed E-state index contributed by atoms with van der Waals surface area (Å²) < 4.78 is 10.9. The van der Waals surface area contributed by atoms with Crippen LogP contribution >= 0.6 is 11.6 Å². The standard InChI is InChI=1S/C18H16ClN3O4/c1-25-14-7-8-16-15(11-14)17(21-18(20-16)26-10-2-9-19)12-3-5-13(6-4-12)22(23)24/h3-8,11H,2,9-10H2,1H3. The van der Waals surface area contributed by atoms with Crippen LogP contribution in [0.3, 0.4) is 0 Å². The minimum atomic E-state index is -0.439. The zero-order valence-electron chi connectivity index (χ0n) is 14.0. The molecule has 0 N–H and O–H groups in total. The van der Waals surface area contributed by atoms with Crippen LogP contribution in [0.1, 0.15) is 6.42 Å². The summed E-state index contributed by atoms with van der Waals surface area (Å²) >= 11 is 5.67. The number of methoxy groups -OCH3 is 1. The molecule has 26 heavy (non-hydrogen) atoms. The van der Waals surface area contributed by atoms with Crippen molar-refractivity contribution in [2.75, 3.05) is 19.6 Å². The van der Waals surface area contributed by atoms with Crippen LogP contribution in [-0.2, 0) is 0 Å². The zero-order valence-corrected chi connectivity index (χ0v) is 14.8. The SMILES string of the molecule is COc1ccc2nc(OCCCCl)nc(-c3ccc([N+](=O)[O-])cc3)c2c1. The highest BCUT2D eigenvalue weighted by atomic mass is 35.5. The van der Waals surface area contributed by atoms with Crippen molar-refractivity contribution in [3.8, 4) is 23.0 Å². The molecule has 0 saturated carbocycles. The first kappa shape index (κ1) is 17.9. The molecule has 7 nitrogen and oxygen atoms in total. The molecule has 134 valence electrons. The highest BCUT2D eigenvalue weighted by Crippen LogP contribution is 2.31. The molecule has 0 radical (unpaired) electrons. The molecular formula is C18H16ClN3O4. The number of non-ortho nitro benzene ring substituents is 1. The van der Waals surface area contributed by atoms with Gasteiger partial charge in [-0.2, -0.15) is 9.97 Å². The second kappa shape index (κ2) is 7.97. The van der Waals surface area contributed by atoms with E-state index < -0.39 is 4.92 Å². The monoisotopic (exact) mass is 373 g/mol. The van der Waals surface area contributed by atoms with E-state index in [0.29, 0.717) is 35.9 Å². The Morgan fingerprint density at radius 3 is 2.58 bits per heavy atom. The lowest BCUT2D eigenvalue weighted by Gasteiger charge is -2.10. The lowest BCUT2D eigenvalue weighted by Crippen LogP contribution is -2.03. The zero-order chi connectivity index (χ0) is 18.5. The third-order valence-electron chi connectivity index (χ3n) is 3.74. The Labute approximate surface area is 154 Å². The van der Waals surface area contributed by atoms with E-state index in [-0.39, 0.29) is 11.7 Å². The van der Waals surface area contributed by atoms with E-state index >= 15 is 0 Å². The van der Waals surface area contributed by atoms with E-state index in [0.717, 1.165) is 10.9 Å². The summed E-state index contributed by atoms with van der Waals surface area (Å²) in [5, 5.41) is 11.6. The van der Waals surface area contributed by atoms with Gasteiger partial charge in [-0.05, 0) is 36.8 Å². The van der Waals surface area contributed by atoms with Gasteiger partial charge in [-0.25, -0.2) is 0 Å². The number of fused-ring (bicyclic) bond motifs is 1. The summed E-state index contributed by atoms with van der Waals surface area (Å²) in [4.78, 5) is 19.3. The van der Waals surface area contributed by atoms with Crippen LogP contribution < -0.4 is 9.47 Å². The van der Waals surface area contributed by atoms with Gasteiger partial charge in [0.2, 0.25) is 0 Å². The summed E-state index contributed by atoms with van der Waals surface area (Å²) in [5.41, 5.74) is 2.04. The molecule has 0 aliphatic heterocycles. The maximum atomic E-state index is 10.9. The van der Waals surface area contributed by atoms with Gasteiger partial charge < -0.3 is 9.47 Å². The molecule has 1 heterocycles. The van der Waals surface area contributed by atoms with Crippen LogP contribution in [-0.4, -0.2) is 34.5 Å². The smallest absolute Gasteiger partial charge is 0.317 e. The second-order valence-corrected chi connectivity index (χ2v) is 5.81. The Morgan fingerprint density at radius 2 is 1.92 bits per heavy atom. The first-order chi connectivity index (χ1) is 12.6. The lowest BCUT2D eigenvalue weighted by molar-refractivity contribution is -0.384. The first-order valence-electron chi connectivity index (χ1n) is 7.92. The number of hydrogen-bond acceptors (Lipinski definition) is 6. The van der Waals surface area contributed by atoms with Crippen LogP contribution in [0.4, 0.5) is 5.69 Å². The molecule has 2 aromatic carbocycles. The van der Waals surface area contributed by atoms with Gasteiger partial charge in [-0.1, -0.05) is 0 Å². The van der Waals surface area contributed by atoms with Gasteiger partial charge in [-0.3, -0.25) is 10.1 Å². The van der Waals surface area contributed by atoms with E-state index in [1.165, 1.54) is 12.1 Å². The van der Waals surface area contributed by atoms with Gasteiger partial charge in [0.25, 0.3) is 5.69 Å². The summed E-state index contributed by atoms with van der Waals surface area (Å²) in [7, 11) is 1.58. The quantitative estimate of drug-likeness (QED) is 0.266.